The number of amides is 2. The summed E-state index contributed by atoms with van der Waals surface area (Å²) < 4.78 is 7.42. The molecule has 0 saturated carbocycles. The third kappa shape index (κ3) is 2.31. The number of urea groups is 1. The molecule has 1 aliphatic heterocycles. The van der Waals surface area contributed by atoms with Crippen molar-refractivity contribution in [3.05, 3.63) is 72.6 Å². The minimum absolute atomic E-state index is 0.181. The Hall–Kier alpha value is -3.21. The van der Waals surface area contributed by atoms with Crippen LogP contribution in [0.4, 0.5) is 16.2 Å². The summed E-state index contributed by atoms with van der Waals surface area (Å²) in [6.45, 7) is 0.519. The van der Waals surface area contributed by atoms with Gasteiger partial charge >= 0.3 is 6.03 Å². The minimum Gasteiger partial charge on any atom is -0.495 e. The first-order chi connectivity index (χ1) is 11.8. The van der Waals surface area contributed by atoms with Gasteiger partial charge in [-0.05, 0) is 36.4 Å². The van der Waals surface area contributed by atoms with Crippen molar-refractivity contribution in [3.63, 3.8) is 0 Å². The quantitative estimate of drug-likeness (QED) is 0.775. The summed E-state index contributed by atoms with van der Waals surface area (Å²) in [5, 5.41) is 2.95. The molecule has 1 aliphatic rings. The zero-order valence-electron chi connectivity index (χ0n) is 13.3. The molecule has 3 aromatic rings. The number of ether oxygens (including phenoxy) is 1. The van der Waals surface area contributed by atoms with Crippen molar-refractivity contribution in [2.45, 2.75) is 6.54 Å². The van der Waals surface area contributed by atoms with Crippen LogP contribution in [-0.4, -0.2) is 17.7 Å². The number of fused-ring (bicyclic) bond motifs is 3. The second-order valence-corrected chi connectivity index (χ2v) is 5.57. The van der Waals surface area contributed by atoms with E-state index in [-0.39, 0.29) is 6.03 Å². The van der Waals surface area contributed by atoms with Crippen molar-refractivity contribution in [2.24, 2.45) is 0 Å². The van der Waals surface area contributed by atoms with Crippen LogP contribution in [0.15, 0.2) is 66.9 Å². The molecule has 0 saturated heterocycles. The lowest BCUT2D eigenvalue weighted by molar-refractivity contribution is 0.256. The summed E-state index contributed by atoms with van der Waals surface area (Å²) in [5.41, 5.74) is 3.61. The molecular weight excluding hydrogens is 302 g/mol. The highest BCUT2D eigenvalue weighted by molar-refractivity contribution is 6.04. The SMILES string of the molecule is COc1ccccc1NC(=O)N1Cc2cccn2-c2ccccc21. The van der Waals surface area contributed by atoms with Crippen LogP contribution in [0.1, 0.15) is 5.69 Å². The first-order valence-electron chi connectivity index (χ1n) is 7.75. The van der Waals surface area contributed by atoms with E-state index >= 15 is 0 Å². The Labute approximate surface area is 140 Å². The Bertz CT molecular complexity index is 901. The largest absolute Gasteiger partial charge is 0.495 e. The average molecular weight is 319 g/mol. The number of carbonyl (C=O) groups is 1. The van der Waals surface area contributed by atoms with Gasteiger partial charge in [-0.3, -0.25) is 4.90 Å². The molecule has 2 aromatic carbocycles. The second kappa shape index (κ2) is 5.77. The van der Waals surface area contributed by atoms with Gasteiger partial charge in [-0.15, -0.1) is 0 Å². The predicted molar refractivity (Wildman–Crippen MR) is 94.0 cm³/mol. The van der Waals surface area contributed by atoms with E-state index in [1.165, 1.54) is 0 Å². The smallest absolute Gasteiger partial charge is 0.326 e. The van der Waals surface area contributed by atoms with Crippen LogP contribution < -0.4 is 15.0 Å². The Morgan fingerprint density at radius 2 is 1.75 bits per heavy atom. The Morgan fingerprint density at radius 1 is 1.00 bits per heavy atom. The lowest BCUT2D eigenvalue weighted by atomic mass is 10.2. The third-order valence-electron chi connectivity index (χ3n) is 4.18. The molecule has 0 aliphatic carbocycles. The first-order valence-corrected chi connectivity index (χ1v) is 7.75. The molecule has 1 aromatic heterocycles. The predicted octanol–water partition coefficient (Wildman–Crippen LogP) is 4.04. The molecule has 0 radical (unpaired) electrons. The number of nitrogens with zero attached hydrogens (tertiary/aromatic N) is 2. The van der Waals surface area contributed by atoms with E-state index in [1.807, 2.05) is 66.9 Å². The van der Waals surface area contributed by atoms with Crippen LogP contribution in [-0.2, 0) is 6.54 Å². The van der Waals surface area contributed by atoms with E-state index in [4.69, 9.17) is 4.74 Å². The van der Waals surface area contributed by atoms with Crippen molar-refractivity contribution >= 4 is 17.4 Å². The number of para-hydroxylation sites is 4. The van der Waals surface area contributed by atoms with Gasteiger partial charge in [-0.1, -0.05) is 24.3 Å². The molecule has 5 heteroatoms. The topological polar surface area (TPSA) is 46.5 Å². The van der Waals surface area contributed by atoms with Crippen LogP contribution >= 0.6 is 0 Å². The number of benzene rings is 2. The molecular formula is C19H17N3O2. The molecule has 24 heavy (non-hydrogen) atoms. The standard InChI is InChI=1S/C19H17N3O2/c1-24-18-11-5-2-8-15(18)20-19(23)22-13-14-7-6-12-21(14)16-9-3-4-10-17(16)22/h2-12H,13H2,1H3,(H,20,23). The van der Waals surface area contributed by atoms with Crippen LogP contribution in [0, 0.1) is 0 Å². The maximum absolute atomic E-state index is 12.9. The van der Waals surface area contributed by atoms with Gasteiger partial charge in [0.2, 0.25) is 0 Å². The van der Waals surface area contributed by atoms with Gasteiger partial charge in [-0.2, -0.15) is 0 Å². The summed E-state index contributed by atoms with van der Waals surface area (Å²) in [6.07, 6.45) is 2.02. The number of aromatic nitrogens is 1. The number of nitrogens with one attached hydrogen (secondary N) is 1. The summed E-state index contributed by atoms with van der Waals surface area (Å²) in [6, 6.07) is 19.1. The molecule has 0 bridgehead atoms. The lowest BCUT2D eigenvalue weighted by Crippen LogP contribution is -2.38. The Balaban J connectivity index is 1.69. The highest BCUT2D eigenvalue weighted by atomic mass is 16.5. The normalized spacial score (nSPS) is 12.3. The van der Waals surface area contributed by atoms with Crippen molar-refractivity contribution in [1.29, 1.82) is 0 Å². The van der Waals surface area contributed by atoms with E-state index in [0.29, 0.717) is 18.0 Å². The number of methoxy groups -OCH3 is 1. The molecule has 4 rings (SSSR count). The van der Waals surface area contributed by atoms with Gasteiger partial charge in [0.1, 0.15) is 5.75 Å². The Morgan fingerprint density at radius 3 is 2.58 bits per heavy atom. The van der Waals surface area contributed by atoms with E-state index in [2.05, 4.69) is 9.88 Å². The molecule has 2 heterocycles. The molecule has 2 amide bonds. The fourth-order valence-electron chi connectivity index (χ4n) is 3.04. The van der Waals surface area contributed by atoms with Crippen LogP contribution in [0.2, 0.25) is 0 Å². The monoisotopic (exact) mass is 319 g/mol. The first kappa shape index (κ1) is 14.4. The summed E-state index contributed by atoms with van der Waals surface area (Å²) in [4.78, 5) is 14.6. The zero-order chi connectivity index (χ0) is 16.5. The van der Waals surface area contributed by atoms with Gasteiger partial charge in [0.05, 0.1) is 30.7 Å². The van der Waals surface area contributed by atoms with Crippen LogP contribution in [0.3, 0.4) is 0 Å². The fourth-order valence-corrected chi connectivity index (χ4v) is 3.04. The molecule has 0 atom stereocenters. The second-order valence-electron chi connectivity index (χ2n) is 5.57. The molecule has 120 valence electrons. The lowest BCUT2D eigenvalue weighted by Gasteiger charge is -2.31. The average Bonchev–Trinajstić information content (AvgIpc) is 3.10. The van der Waals surface area contributed by atoms with Crippen molar-refractivity contribution in [1.82, 2.24) is 4.57 Å². The van der Waals surface area contributed by atoms with E-state index in [9.17, 15) is 4.79 Å². The van der Waals surface area contributed by atoms with E-state index < -0.39 is 0 Å². The van der Waals surface area contributed by atoms with E-state index in [0.717, 1.165) is 17.1 Å². The molecule has 0 spiro atoms. The number of hydrogen-bond acceptors (Lipinski definition) is 2. The number of hydrogen-bond donors (Lipinski definition) is 1. The summed E-state index contributed by atoms with van der Waals surface area (Å²) >= 11 is 0. The van der Waals surface area contributed by atoms with Gasteiger partial charge in [-0.25, -0.2) is 4.79 Å². The van der Waals surface area contributed by atoms with Gasteiger partial charge in [0, 0.05) is 11.9 Å². The van der Waals surface area contributed by atoms with Gasteiger partial charge in [0.25, 0.3) is 0 Å². The van der Waals surface area contributed by atoms with Gasteiger partial charge in [0.15, 0.2) is 0 Å². The van der Waals surface area contributed by atoms with Crippen molar-refractivity contribution in [2.75, 3.05) is 17.3 Å². The molecule has 5 nitrogen and oxygen atoms in total. The molecule has 0 fully saturated rings. The van der Waals surface area contributed by atoms with Crippen LogP contribution in [0.25, 0.3) is 5.69 Å². The summed E-state index contributed by atoms with van der Waals surface area (Å²) in [7, 11) is 1.59. The highest BCUT2D eigenvalue weighted by Crippen LogP contribution is 2.33. The number of carbonyl (C=O) groups excluding carboxylic acids is 1. The zero-order valence-corrected chi connectivity index (χ0v) is 13.3. The van der Waals surface area contributed by atoms with E-state index in [1.54, 1.807) is 12.0 Å². The van der Waals surface area contributed by atoms with Crippen molar-refractivity contribution in [3.8, 4) is 11.4 Å². The highest BCUT2D eigenvalue weighted by Gasteiger charge is 2.26. The molecule has 1 N–H and O–H groups in total. The minimum atomic E-state index is -0.181. The van der Waals surface area contributed by atoms with Crippen LogP contribution in [0.5, 0.6) is 5.75 Å². The Kier molecular flexibility index (Phi) is 3.46. The number of anilines is 2. The molecule has 0 unspecified atom stereocenters. The van der Waals surface area contributed by atoms with Gasteiger partial charge < -0.3 is 14.6 Å². The fraction of sp³-hybridized carbons (Fsp3) is 0.105. The number of rotatable bonds is 2. The maximum Gasteiger partial charge on any atom is 0.326 e. The third-order valence-corrected chi connectivity index (χ3v) is 4.18. The van der Waals surface area contributed by atoms with Crippen molar-refractivity contribution < 1.29 is 9.53 Å². The maximum atomic E-state index is 12.9. The summed E-state index contributed by atoms with van der Waals surface area (Å²) in [5.74, 6) is 0.638.